The highest BCUT2D eigenvalue weighted by molar-refractivity contribution is 7.13. The van der Waals surface area contributed by atoms with Gasteiger partial charge in [0.05, 0.1) is 5.92 Å². The number of nitrogens with one attached hydrogen (secondary N) is 2. The third-order valence-corrected chi connectivity index (χ3v) is 3.74. The van der Waals surface area contributed by atoms with Crippen LogP contribution in [0.15, 0.2) is 11.6 Å². The van der Waals surface area contributed by atoms with E-state index in [1.54, 1.807) is 11.6 Å². The molecule has 0 aliphatic heterocycles. The molecule has 3 N–H and O–H groups in total. The second-order valence-electron chi connectivity index (χ2n) is 4.27. The second kappa shape index (κ2) is 5.81. The number of hydrogen-bond acceptors (Lipinski definition) is 4. The molecule has 7 heteroatoms. The molecule has 0 saturated heterocycles. The smallest absolute Gasteiger partial charge is 0.321 e. The van der Waals surface area contributed by atoms with Gasteiger partial charge in [0.15, 0.2) is 5.13 Å². The van der Waals surface area contributed by atoms with Gasteiger partial charge in [0.2, 0.25) is 0 Å². The van der Waals surface area contributed by atoms with Gasteiger partial charge in [-0.05, 0) is 12.8 Å². The van der Waals surface area contributed by atoms with E-state index in [1.165, 1.54) is 11.3 Å². The number of carbonyl (C=O) groups excluding carboxylic acids is 1. The second-order valence-corrected chi connectivity index (χ2v) is 5.17. The number of carboxylic acids is 1. The van der Waals surface area contributed by atoms with Gasteiger partial charge in [0.1, 0.15) is 0 Å². The lowest BCUT2D eigenvalue weighted by Crippen LogP contribution is -2.46. The van der Waals surface area contributed by atoms with Crippen LogP contribution in [0.5, 0.6) is 0 Å². The van der Waals surface area contributed by atoms with Crippen LogP contribution < -0.4 is 10.6 Å². The molecule has 1 aromatic heterocycles. The summed E-state index contributed by atoms with van der Waals surface area (Å²) in [5, 5.41) is 16.7. The Morgan fingerprint density at radius 3 is 2.83 bits per heavy atom. The molecule has 0 radical (unpaired) electrons. The van der Waals surface area contributed by atoms with Crippen molar-refractivity contribution in [3.63, 3.8) is 0 Å². The zero-order valence-electron chi connectivity index (χ0n) is 9.76. The first-order valence-electron chi connectivity index (χ1n) is 5.86. The number of amides is 2. The zero-order chi connectivity index (χ0) is 13.0. The Hall–Kier alpha value is -1.63. The number of aliphatic carboxylic acids is 1. The summed E-state index contributed by atoms with van der Waals surface area (Å²) in [6, 6.07) is -0.681. The molecule has 6 nitrogen and oxygen atoms in total. The Morgan fingerprint density at radius 2 is 2.17 bits per heavy atom. The van der Waals surface area contributed by atoms with E-state index in [-0.39, 0.29) is 12.1 Å². The summed E-state index contributed by atoms with van der Waals surface area (Å²) >= 11 is 1.32. The molecule has 1 saturated carbocycles. The molecule has 1 fully saturated rings. The van der Waals surface area contributed by atoms with Gasteiger partial charge in [-0.25, -0.2) is 9.78 Å². The highest BCUT2D eigenvalue weighted by atomic mass is 32.1. The molecule has 98 valence electrons. The Labute approximate surface area is 108 Å². The summed E-state index contributed by atoms with van der Waals surface area (Å²) < 4.78 is 0. The van der Waals surface area contributed by atoms with Gasteiger partial charge in [-0.15, -0.1) is 11.3 Å². The first-order chi connectivity index (χ1) is 8.66. The minimum atomic E-state index is -0.839. The molecule has 2 unspecified atom stereocenters. The SMILES string of the molecule is O=C(Nc1nccs1)NC1CCCCC1C(=O)O. The predicted molar refractivity (Wildman–Crippen MR) is 67.7 cm³/mol. The first kappa shape index (κ1) is 12.8. The number of urea groups is 1. The monoisotopic (exact) mass is 269 g/mol. The first-order valence-corrected chi connectivity index (χ1v) is 6.74. The Kier molecular flexibility index (Phi) is 4.14. The molecular weight excluding hydrogens is 254 g/mol. The molecule has 18 heavy (non-hydrogen) atoms. The van der Waals surface area contributed by atoms with E-state index in [0.29, 0.717) is 18.0 Å². The summed E-state index contributed by atoms with van der Waals surface area (Å²) in [6.07, 6.45) is 4.79. The average molecular weight is 269 g/mol. The summed E-state index contributed by atoms with van der Waals surface area (Å²) in [4.78, 5) is 26.7. The van der Waals surface area contributed by atoms with Gasteiger partial charge < -0.3 is 10.4 Å². The number of carboxylic acid groups (broad SMARTS) is 1. The molecule has 2 amide bonds. The lowest BCUT2D eigenvalue weighted by Gasteiger charge is -2.29. The largest absolute Gasteiger partial charge is 0.481 e. The van der Waals surface area contributed by atoms with Crippen LogP contribution in [0, 0.1) is 5.92 Å². The van der Waals surface area contributed by atoms with Crippen LogP contribution in [-0.4, -0.2) is 28.1 Å². The fraction of sp³-hybridized carbons (Fsp3) is 0.545. The molecule has 0 spiro atoms. The fourth-order valence-electron chi connectivity index (χ4n) is 2.19. The van der Waals surface area contributed by atoms with Crippen molar-refractivity contribution >= 4 is 28.5 Å². The van der Waals surface area contributed by atoms with E-state index in [2.05, 4.69) is 15.6 Å². The molecule has 1 aromatic rings. The van der Waals surface area contributed by atoms with Gasteiger partial charge >= 0.3 is 12.0 Å². The van der Waals surface area contributed by atoms with E-state index < -0.39 is 11.9 Å². The van der Waals surface area contributed by atoms with Gasteiger partial charge in [0, 0.05) is 17.6 Å². The fourth-order valence-corrected chi connectivity index (χ4v) is 2.71. The molecule has 0 bridgehead atoms. The number of aromatic nitrogens is 1. The number of anilines is 1. The maximum Gasteiger partial charge on any atom is 0.321 e. The topological polar surface area (TPSA) is 91.3 Å². The molecular formula is C11H15N3O3S. The van der Waals surface area contributed by atoms with Gasteiger partial charge in [-0.3, -0.25) is 10.1 Å². The van der Waals surface area contributed by atoms with E-state index in [4.69, 9.17) is 5.11 Å². The number of thiazole rings is 1. The maximum absolute atomic E-state index is 11.7. The van der Waals surface area contributed by atoms with Crippen molar-refractivity contribution < 1.29 is 14.7 Å². The number of nitrogens with zero attached hydrogens (tertiary/aromatic N) is 1. The van der Waals surface area contributed by atoms with Crippen molar-refractivity contribution in [1.29, 1.82) is 0 Å². The molecule has 1 aliphatic rings. The van der Waals surface area contributed by atoms with E-state index in [1.807, 2.05) is 0 Å². The van der Waals surface area contributed by atoms with Crippen molar-refractivity contribution in [3.05, 3.63) is 11.6 Å². The Balaban J connectivity index is 1.90. The van der Waals surface area contributed by atoms with Gasteiger partial charge in [-0.1, -0.05) is 12.8 Å². The van der Waals surface area contributed by atoms with Crippen LogP contribution in [0.3, 0.4) is 0 Å². The zero-order valence-corrected chi connectivity index (χ0v) is 10.6. The Bertz CT molecular complexity index is 421. The van der Waals surface area contributed by atoms with E-state index in [0.717, 1.165) is 12.8 Å². The highest BCUT2D eigenvalue weighted by Gasteiger charge is 2.31. The summed E-state index contributed by atoms with van der Waals surface area (Å²) in [5.74, 6) is -1.32. The van der Waals surface area contributed by atoms with Gasteiger partial charge in [-0.2, -0.15) is 0 Å². The van der Waals surface area contributed by atoms with Crippen molar-refractivity contribution in [2.24, 2.45) is 5.92 Å². The van der Waals surface area contributed by atoms with Crippen molar-refractivity contribution in [1.82, 2.24) is 10.3 Å². The molecule has 0 aromatic carbocycles. The van der Waals surface area contributed by atoms with Crippen LogP contribution >= 0.6 is 11.3 Å². The normalized spacial score (nSPS) is 23.3. The summed E-state index contributed by atoms with van der Waals surface area (Å²) in [5.41, 5.74) is 0. The lowest BCUT2D eigenvalue weighted by atomic mass is 9.84. The van der Waals surface area contributed by atoms with Crippen LogP contribution in [0.4, 0.5) is 9.93 Å². The van der Waals surface area contributed by atoms with Crippen LogP contribution in [0.1, 0.15) is 25.7 Å². The molecule has 2 rings (SSSR count). The third kappa shape index (κ3) is 3.19. The molecule has 2 atom stereocenters. The lowest BCUT2D eigenvalue weighted by molar-refractivity contribution is -0.143. The summed E-state index contributed by atoms with van der Waals surface area (Å²) in [6.45, 7) is 0. The number of hydrogen-bond donors (Lipinski definition) is 3. The van der Waals surface area contributed by atoms with Crippen LogP contribution in [-0.2, 0) is 4.79 Å². The maximum atomic E-state index is 11.7. The van der Waals surface area contributed by atoms with Crippen molar-refractivity contribution in [3.8, 4) is 0 Å². The van der Waals surface area contributed by atoms with Crippen LogP contribution in [0.2, 0.25) is 0 Å². The van der Waals surface area contributed by atoms with Crippen molar-refractivity contribution in [2.75, 3.05) is 5.32 Å². The standard InChI is InChI=1S/C11H15N3O3S/c15-9(16)7-3-1-2-4-8(7)13-10(17)14-11-12-5-6-18-11/h5-8H,1-4H2,(H,15,16)(H2,12,13,14,17). The van der Waals surface area contributed by atoms with E-state index >= 15 is 0 Å². The minimum absolute atomic E-state index is 0.295. The van der Waals surface area contributed by atoms with Crippen molar-refractivity contribution in [2.45, 2.75) is 31.7 Å². The van der Waals surface area contributed by atoms with Crippen LogP contribution in [0.25, 0.3) is 0 Å². The van der Waals surface area contributed by atoms with E-state index in [9.17, 15) is 9.59 Å². The summed E-state index contributed by atoms with van der Waals surface area (Å²) in [7, 11) is 0. The minimum Gasteiger partial charge on any atom is -0.481 e. The number of carbonyl (C=O) groups is 2. The predicted octanol–water partition coefficient (Wildman–Crippen LogP) is 1.91. The quantitative estimate of drug-likeness (QED) is 0.781. The Morgan fingerprint density at radius 1 is 1.39 bits per heavy atom. The molecule has 1 aliphatic carbocycles. The number of rotatable bonds is 3. The molecule has 1 heterocycles. The average Bonchev–Trinajstić information content (AvgIpc) is 2.82. The van der Waals surface area contributed by atoms with Gasteiger partial charge in [0.25, 0.3) is 0 Å². The third-order valence-electron chi connectivity index (χ3n) is 3.05. The highest BCUT2D eigenvalue weighted by Crippen LogP contribution is 2.24.